The van der Waals surface area contributed by atoms with Crippen molar-refractivity contribution in [3.05, 3.63) is 119 Å². The van der Waals surface area contributed by atoms with Gasteiger partial charge in [-0.1, -0.05) is 66.7 Å². The predicted octanol–water partition coefficient (Wildman–Crippen LogP) is 3.83. The molecular weight excluding hydrogens is 640 g/mol. The molecular formula is C39H43F2N5O4. The molecule has 0 bridgehead atoms. The molecule has 0 saturated carbocycles. The van der Waals surface area contributed by atoms with Gasteiger partial charge in [0.1, 0.15) is 17.7 Å². The molecule has 0 radical (unpaired) electrons. The number of nitrogens with one attached hydrogen (secondary N) is 4. The molecule has 0 aliphatic carbocycles. The number of hydrogen-bond donors (Lipinski definition) is 4. The molecule has 4 aromatic rings. The molecule has 1 aliphatic heterocycles. The first-order valence-corrected chi connectivity index (χ1v) is 17.0. The van der Waals surface area contributed by atoms with Gasteiger partial charge in [-0.15, -0.1) is 0 Å². The molecule has 4 amide bonds. The quantitative estimate of drug-likeness (QED) is 0.151. The van der Waals surface area contributed by atoms with Crippen LogP contribution in [-0.2, 0) is 38.4 Å². The molecule has 11 heteroatoms. The molecule has 0 aromatic heterocycles. The number of carbonyl (C=O) groups is 4. The van der Waals surface area contributed by atoms with Crippen molar-refractivity contribution in [2.75, 3.05) is 26.7 Å². The molecule has 4 aromatic carbocycles. The first-order chi connectivity index (χ1) is 24.2. The van der Waals surface area contributed by atoms with Gasteiger partial charge < -0.3 is 26.2 Å². The van der Waals surface area contributed by atoms with Crippen LogP contribution in [0, 0.1) is 11.6 Å². The average molecular weight is 684 g/mol. The molecule has 3 unspecified atom stereocenters. The van der Waals surface area contributed by atoms with Crippen molar-refractivity contribution in [3.63, 3.8) is 0 Å². The van der Waals surface area contributed by atoms with Crippen molar-refractivity contribution in [1.82, 2.24) is 26.2 Å². The molecule has 262 valence electrons. The predicted molar refractivity (Wildman–Crippen MR) is 188 cm³/mol. The number of halogens is 2. The monoisotopic (exact) mass is 683 g/mol. The van der Waals surface area contributed by atoms with E-state index in [1.807, 2.05) is 42.5 Å². The van der Waals surface area contributed by atoms with E-state index in [0.29, 0.717) is 49.9 Å². The van der Waals surface area contributed by atoms with Crippen LogP contribution in [0.2, 0.25) is 0 Å². The third-order valence-electron chi connectivity index (χ3n) is 9.00. The fourth-order valence-electron chi connectivity index (χ4n) is 6.29. The largest absolute Gasteiger partial charge is 0.357 e. The van der Waals surface area contributed by atoms with Crippen LogP contribution in [0.5, 0.6) is 0 Å². The van der Waals surface area contributed by atoms with Gasteiger partial charge in [0.15, 0.2) is 0 Å². The smallest absolute Gasteiger partial charge is 0.242 e. The lowest BCUT2D eigenvalue weighted by Gasteiger charge is -2.31. The highest BCUT2D eigenvalue weighted by Crippen LogP contribution is 2.21. The highest BCUT2D eigenvalue weighted by molar-refractivity contribution is 5.90. The van der Waals surface area contributed by atoms with Gasteiger partial charge in [0.25, 0.3) is 0 Å². The molecule has 3 atom stereocenters. The Labute approximate surface area is 290 Å². The van der Waals surface area contributed by atoms with Crippen LogP contribution in [0.3, 0.4) is 0 Å². The maximum absolute atomic E-state index is 14.2. The molecule has 1 heterocycles. The summed E-state index contributed by atoms with van der Waals surface area (Å²) in [5.41, 5.74) is 2.30. The Morgan fingerprint density at radius 3 is 2.06 bits per heavy atom. The third-order valence-corrected chi connectivity index (χ3v) is 9.00. The zero-order chi connectivity index (χ0) is 35.5. The number of carbonyl (C=O) groups excluding carboxylic acids is 4. The fourth-order valence-corrected chi connectivity index (χ4v) is 6.29. The van der Waals surface area contributed by atoms with E-state index in [1.54, 1.807) is 36.2 Å². The number of fused-ring (bicyclic) bond motifs is 1. The van der Waals surface area contributed by atoms with E-state index < -0.39 is 12.1 Å². The standard InChI is InChI=1S/C39H43F2N5O4/c1-42-38(49)35(22-28-8-13-29-5-2-3-6-30(29)21-28)46-20-18-33(25-44-37(48)24-27-11-16-32(41)17-12-27)45-34(39(46)50)7-4-19-43-36(47)23-26-9-14-31(40)15-10-26/h2-3,5-6,8-17,21,33-35,45H,4,7,18-20,22-25H2,1H3,(H,42,49)(H,43,47)(H,44,48). The van der Waals surface area contributed by atoms with Gasteiger partial charge in [-0.2, -0.15) is 0 Å². The summed E-state index contributed by atoms with van der Waals surface area (Å²) in [5.74, 6) is -1.69. The van der Waals surface area contributed by atoms with Crippen LogP contribution in [0.4, 0.5) is 8.78 Å². The topological polar surface area (TPSA) is 120 Å². The van der Waals surface area contributed by atoms with E-state index in [-0.39, 0.29) is 60.7 Å². The summed E-state index contributed by atoms with van der Waals surface area (Å²) in [6, 6.07) is 23.8. The molecule has 1 fully saturated rings. The Balaban J connectivity index is 1.27. The summed E-state index contributed by atoms with van der Waals surface area (Å²) in [4.78, 5) is 54.5. The van der Waals surface area contributed by atoms with E-state index >= 15 is 0 Å². The van der Waals surface area contributed by atoms with Crippen LogP contribution in [0.15, 0.2) is 91.0 Å². The second-order valence-electron chi connectivity index (χ2n) is 12.7. The molecule has 9 nitrogen and oxygen atoms in total. The van der Waals surface area contributed by atoms with Gasteiger partial charge in [0.2, 0.25) is 23.6 Å². The number of nitrogens with zero attached hydrogens (tertiary/aromatic N) is 1. The fraction of sp³-hybridized carbons (Fsp3) is 0.333. The number of amides is 4. The maximum Gasteiger partial charge on any atom is 0.242 e. The van der Waals surface area contributed by atoms with Gasteiger partial charge >= 0.3 is 0 Å². The summed E-state index contributed by atoms with van der Waals surface area (Å²) in [6.07, 6.45) is 1.86. The lowest BCUT2D eigenvalue weighted by Crippen LogP contribution is -2.54. The summed E-state index contributed by atoms with van der Waals surface area (Å²) in [6.45, 7) is 0.864. The molecule has 1 aliphatic rings. The van der Waals surface area contributed by atoms with Gasteiger partial charge in [0, 0.05) is 39.1 Å². The molecule has 5 rings (SSSR count). The summed E-state index contributed by atoms with van der Waals surface area (Å²) >= 11 is 0. The Bertz CT molecular complexity index is 1780. The first kappa shape index (κ1) is 36.1. The van der Waals surface area contributed by atoms with Crippen LogP contribution in [-0.4, -0.2) is 73.3 Å². The summed E-state index contributed by atoms with van der Waals surface area (Å²) in [7, 11) is 1.56. The van der Waals surface area contributed by atoms with Gasteiger partial charge in [-0.05, 0) is 71.0 Å². The Morgan fingerprint density at radius 1 is 0.820 bits per heavy atom. The number of rotatable bonds is 14. The van der Waals surface area contributed by atoms with Crippen LogP contribution in [0.25, 0.3) is 10.8 Å². The SMILES string of the molecule is CNC(=O)C(Cc1ccc2ccccc2c1)N1CCC(CNC(=O)Cc2ccc(F)cc2)NC(CCCNC(=O)Cc2ccc(F)cc2)C1=O. The van der Waals surface area contributed by atoms with Crippen molar-refractivity contribution >= 4 is 34.4 Å². The van der Waals surface area contributed by atoms with E-state index in [0.717, 1.165) is 16.3 Å². The lowest BCUT2D eigenvalue weighted by molar-refractivity contribution is -0.141. The summed E-state index contributed by atoms with van der Waals surface area (Å²) < 4.78 is 26.6. The van der Waals surface area contributed by atoms with Gasteiger partial charge in [-0.25, -0.2) is 8.78 Å². The molecule has 0 spiro atoms. The number of benzene rings is 4. The normalized spacial score (nSPS) is 16.8. The Kier molecular flexibility index (Phi) is 12.6. The average Bonchev–Trinajstić information content (AvgIpc) is 3.27. The number of hydrogen-bond acceptors (Lipinski definition) is 5. The zero-order valence-electron chi connectivity index (χ0n) is 28.1. The zero-order valence-corrected chi connectivity index (χ0v) is 28.1. The van der Waals surface area contributed by atoms with Crippen molar-refractivity contribution in [2.45, 2.75) is 56.7 Å². The van der Waals surface area contributed by atoms with Gasteiger partial charge in [0.05, 0.1) is 18.9 Å². The highest BCUT2D eigenvalue weighted by Gasteiger charge is 2.37. The minimum Gasteiger partial charge on any atom is -0.357 e. The first-order valence-electron chi connectivity index (χ1n) is 17.0. The van der Waals surface area contributed by atoms with Crippen molar-refractivity contribution < 1.29 is 28.0 Å². The maximum atomic E-state index is 14.2. The molecule has 1 saturated heterocycles. The second-order valence-corrected chi connectivity index (χ2v) is 12.7. The second kappa shape index (κ2) is 17.5. The minimum atomic E-state index is -0.764. The van der Waals surface area contributed by atoms with E-state index in [9.17, 15) is 28.0 Å². The third kappa shape index (κ3) is 10.2. The van der Waals surface area contributed by atoms with Crippen LogP contribution < -0.4 is 21.3 Å². The lowest BCUT2D eigenvalue weighted by atomic mass is 9.99. The Hall–Kier alpha value is -5.16. The van der Waals surface area contributed by atoms with Crippen LogP contribution >= 0.6 is 0 Å². The molecule has 50 heavy (non-hydrogen) atoms. The Morgan fingerprint density at radius 2 is 1.42 bits per heavy atom. The van der Waals surface area contributed by atoms with E-state index in [4.69, 9.17) is 0 Å². The van der Waals surface area contributed by atoms with Crippen molar-refractivity contribution in [3.8, 4) is 0 Å². The highest BCUT2D eigenvalue weighted by atomic mass is 19.1. The van der Waals surface area contributed by atoms with Crippen LogP contribution in [0.1, 0.15) is 36.0 Å². The molecule has 4 N–H and O–H groups in total. The van der Waals surface area contributed by atoms with Crippen molar-refractivity contribution in [1.29, 1.82) is 0 Å². The van der Waals surface area contributed by atoms with E-state index in [2.05, 4.69) is 21.3 Å². The van der Waals surface area contributed by atoms with Gasteiger partial charge in [-0.3, -0.25) is 19.2 Å². The summed E-state index contributed by atoms with van der Waals surface area (Å²) in [5, 5.41) is 14.1. The van der Waals surface area contributed by atoms with E-state index in [1.165, 1.54) is 24.3 Å². The minimum absolute atomic E-state index is 0.0869. The van der Waals surface area contributed by atoms with Crippen molar-refractivity contribution in [2.24, 2.45) is 0 Å². The number of likely N-dealkylation sites (N-methyl/N-ethyl adjacent to an activating group) is 1.